The largest absolute Gasteiger partial charge is 0.354 e. The van der Waals surface area contributed by atoms with Gasteiger partial charge in [0.15, 0.2) is 5.69 Å². The van der Waals surface area contributed by atoms with Crippen LogP contribution in [0.15, 0.2) is 36.7 Å². The first-order chi connectivity index (χ1) is 11.2. The summed E-state index contributed by atoms with van der Waals surface area (Å²) in [5, 5.41) is 13.8. The zero-order valence-electron chi connectivity index (χ0n) is 12.8. The number of hydrogen-bond donors (Lipinski definition) is 3. The molecule has 0 aliphatic heterocycles. The van der Waals surface area contributed by atoms with Crippen LogP contribution < -0.4 is 10.6 Å². The molecule has 1 amide bonds. The molecule has 23 heavy (non-hydrogen) atoms. The average molecular weight is 310 g/mol. The number of anilines is 1. The van der Waals surface area contributed by atoms with E-state index in [4.69, 9.17) is 0 Å². The highest BCUT2D eigenvalue weighted by molar-refractivity contribution is 6.04. The molecular formula is C16H18N6O. The van der Waals surface area contributed by atoms with Crippen molar-refractivity contribution in [2.24, 2.45) is 0 Å². The number of nitrogens with one attached hydrogen (secondary N) is 3. The van der Waals surface area contributed by atoms with Crippen molar-refractivity contribution in [2.45, 2.75) is 13.3 Å². The standard InChI is InChI=1S/C16H18N6O/c1-11-4-5-13-12(10-11)14(22-21-13)15(23)17-6-2-7-18-16-19-8-3-9-20-16/h3-5,8-10H,2,6-7H2,1H3,(H,17,23)(H,21,22)(H,18,19,20). The molecule has 2 aromatic heterocycles. The minimum atomic E-state index is -0.169. The van der Waals surface area contributed by atoms with Gasteiger partial charge in [-0.05, 0) is 31.5 Å². The third-order valence-electron chi connectivity index (χ3n) is 3.42. The summed E-state index contributed by atoms with van der Waals surface area (Å²) in [7, 11) is 0. The molecule has 0 unspecified atom stereocenters. The molecule has 0 atom stereocenters. The van der Waals surface area contributed by atoms with Gasteiger partial charge in [-0.3, -0.25) is 9.89 Å². The first kappa shape index (κ1) is 15.0. The molecule has 2 heterocycles. The molecule has 0 fully saturated rings. The number of fused-ring (bicyclic) bond motifs is 1. The van der Waals surface area contributed by atoms with Crippen LogP contribution in [0.25, 0.3) is 10.9 Å². The number of aryl methyl sites for hydroxylation is 1. The van der Waals surface area contributed by atoms with Crippen LogP contribution in [0.5, 0.6) is 0 Å². The Morgan fingerprint density at radius 3 is 2.87 bits per heavy atom. The fourth-order valence-electron chi connectivity index (χ4n) is 2.27. The highest BCUT2D eigenvalue weighted by Gasteiger charge is 2.13. The molecule has 7 heteroatoms. The molecule has 3 aromatic rings. The lowest BCUT2D eigenvalue weighted by Gasteiger charge is -2.05. The second kappa shape index (κ2) is 6.87. The Labute approximate surface area is 133 Å². The summed E-state index contributed by atoms with van der Waals surface area (Å²) >= 11 is 0. The van der Waals surface area contributed by atoms with Crippen LogP contribution >= 0.6 is 0 Å². The van der Waals surface area contributed by atoms with E-state index in [1.165, 1.54) is 0 Å². The van der Waals surface area contributed by atoms with E-state index < -0.39 is 0 Å². The maximum Gasteiger partial charge on any atom is 0.272 e. The van der Waals surface area contributed by atoms with Crippen LogP contribution in [-0.2, 0) is 0 Å². The summed E-state index contributed by atoms with van der Waals surface area (Å²) in [6, 6.07) is 7.64. The second-order valence-electron chi connectivity index (χ2n) is 5.23. The summed E-state index contributed by atoms with van der Waals surface area (Å²) in [6.45, 7) is 3.23. The monoisotopic (exact) mass is 310 g/mol. The van der Waals surface area contributed by atoms with Crippen molar-refractivity contribution in [3.8, 4) is 0 Å². The smallest absolute Gasteiger partial charge is 0.272 e. The van der Waals surface area contributed by atoms with E-state index in [1.807, 2.05) is 25.1 Å². The number of benzene rings is 1. The van der Waals surface area contributed by atoms with Gasteiger partial charge in [-0.2, -0.15) is 5.10 Å². The van der Waals surface area contributed by atoms with E-state index >= 15 is 0 Å². The van der Waals surface area contributed by atoms with Crippen molar-refractivity contribution >= 4 is 22.8 Å². The van der Waals surface area contributed by atoms with Gasteiger partial charge in [0.25, 0.3) is 5.91 Å². The van der Waals surface area contributed by atoms with Crippen molar-refractivity contribution in [1.82, 2.24) is 25.5 Å². The summed E-state index contributed by atoms with van der Waals surface area (Å²) in [5.74, 6) is 0.422. The normalized spacial score (nSPS) is 10.7. The molecule has 0 saturated carbocycles. The van der Waals surface area contributed by atoms with E-state index in [9.17, 15) is 4.79 Å². The molecule has 0 aliphatic carbocycles. The molecule has 0 saturated heterocycles. The molecule has 118 valence electrons. The maximum atomic E-state index is 12.2. The molecule has 0 spiro atoms. The molecule has 3 rings (SSSR count). The van der Waals surface area contributed by atoms with E-state index in [2.05, 4.69) is 30.8 Å². The predicted octanol–water partition coefficient (Wildman–Crippen LogP) is 1.89. The molecule has 0 aliphatic rings. The molecule has 7 nitrogen and oxygen atoms in total. The van der Waals surface area contributed by atoms with Gasteiger partial charge >= 0.3 is 0 Å². The summed E-state index contributed by atoms with van der Waals surface area (Å²) in [4.78, 5) is 20.4. The highest BCUT2D eigenvalue weighted by Crippen LogP contribution is 2.17. The first-order valence-electron chi connectivity index (χ1n) is 7.48. The number of carbonyl (C=O) groups is 1. The molecule has 1 aromatic carbocycles. The van der Waals surface area contributed by atoms with E-state index in [0.717, 1.165) is 22.9 Å². The van der Waals surface area contributed by atoms with Crippen LogP contribution in [0.1, 0.15) is 22.5 Å². The van der Waals surface area contributed by atoms with Crippen LogP contribution in [0.2, 0.25) is 0 Å². The molecule has 3 N–H and O–H groups in total. The number of rotatable bonds is 6. The molecule has 0 radical (unpaired) electrons. The van der Waals surface area contributed by atoms with Crippen LogP contribution in [0, 0.1) is 6.92 Å². The zero-order chi connectivity index (χ0) is 16.1. The lowest BCUT2D eigenvalue weighted by atomic mass is 10.1. The topological polar surface area (TPSA) is 95.6 Å². The van der Waals surface area contributed by atoms with Gasteiger partial charge in [-0.15, -0.1) is 0 Å². The first-order valence-corrected chi connectivity index (χ1v) is 7.48. The Balaban J connectivity index is 1.50. The van der Waals surface area contributed by atoms with Crippen LogP contribution in [-0.4, -0.2) is 39.2 Å². The fraction of sp³-hybridized carbons (Fsp3) is 0.250. The Morgan fingerprint density at radius 1 is 1.22 bits per heavy atom. The Hall–Kier alpha value is -2.96. The number of H-pyrrole nitrogens is 1. The van der Waals surface area contributed by atoms with E-state index in [1.54, 1.807) is 18.5 Å². The minimum absolute atomic E-state index is 0.169. The number of aromatic amines is 1. The average Bonchev–Trinajstić information content (AvgIpc) is 2.98. The van der Waals surface area contributed by atoms with Gasteiger partial charge in [0, 0.05) is 30.9 Å². The van der Waals surface area contributed by atoms with Gasteiger partial charge in [0.05, 0.1) is 5.52 Å². The summed E-state index contributed by atoms with van der Waals surface area (Å²) < 4.78 is 0. The summed E-state index contributed by atoms with van der Waals surface area (Å²) in [6.07, 6.45) is 4.13. The van der Waals surface area contributed by atoms with E-state index in [-0.39, 0.29) is 5.91 Å². The fourth-order valence-corrected chi connectivity index (χ4v) is 2.27. The maximum absolute atomic E-state index is 12.2. The lowest BCUT2D eigenvalue weighted by Crippen LogP contribution is -2.26. The number of hydrogen-bond acceptors (Lipinski definition) is 5. The number of amides is 1. The van der Waals surface area contributed by atoms with E-state index in [0.29, 0.717) is 24.7 Å². The van der Waals surface area contributed by atoms with Gasteiger partial charge in [-0.1, -0.05) is 11.6 Å². The second-order valence-corrected chi connectivity index (χ2v) is 5.23. The third kappa shape index (κ3) is 3.63. The number of nitrogens with zero attached hydrogens (tertiary/aromatic N) is 3. The Kier molecular flexibility index (Phi) is 4.46. The summed E-state index contributed by atoms with van der Waals surface area (Å²) in [5.41, 5.74) is 2.40. The van der Waals surface area contributed by atoms with Gasteiger partial charge in [0.1, 0.15) is 0 Å². The SMILES string of the molecule is Cc1ccc2[nH]nc(C(=O)NCCCNc3ncccn3)c2c1. The zero-order valence-corrected chi connectivity index (χ0v) is 12.8. The Bertz CT molecular complexity index is 799. The van der Waals surface area contributed by atoms with Crippen molar-refractivity contribution in [2.75, 3.05) is 18.4 Å². The lowest BCUT2D eigenvalue weighted by molar-refractivity contribution is 0.0950. The van der Waals surface area contributed by atoms with Crippen molar-refractivity contribution in [3.05, 3.63) is 47.9 Å². The van der Waals surface area contributed by atoms with Gasteiger partial charge < -0.3 is 10.6 Å². The predicted molar refractivity (Wildman–Crippen MR) is 88.3 cm³/mol. The van der Waals surface area contributed by atoms with Crippen molar-refractivity contribution in [3.63, 3.8) is 0 Å². The van der Waals surface area contributed by atoms with Crippen LogP contribution in [0.4, 0.5) is 5.95 Å². The van der Waals surface area contributed by atoms with Gasteiger partial charge in [0.2, 0.25) is 5.95 Å². The van der Waals surface area contributed by atoms with Gasteiger partial charge in [-0.25, -0.2) is 9.97 Å². The molecular weight excluding hydrogens is 292 g/mol. The highest BCUT2D eigenvalue weighted by atomic mass is 16.1. The Morgan fingerprint density at radius 2 is 2.04 bits per heavy atom. The molecule has 0 bridgehead atoms. The quantitative estimate of drug-likeness (QED) is 0.604. The van der Waals surface area contributed by atoms with Crippen LogP contribution in [0.3, 0.4) is 0 Å². The van der Waals surface area contributed by atoms with Crippen molar-refractivity contribution in [1.29, 1.82) is 0 Å². The number of carbonyl (C=O) groups excluding carboxylic acids is 1. The number of aromatic nitrogens is 4. The third-order valence-corrected chi connectivity index (χ3v) is 3.42. The van der Waals surface area contributed by atoms with Crippen molar-refractivity contribution < 1.29 is 4.79 Å². The minimum Gasteiger partial charge on any atom is -0.354 e.